The molecule has 0 radical (unpaired) electrons. The molecule has 1 atom stereocenters. The molecule has 2 heterocycles. The van der Waals surface area contributed by atoms with Crippen LogP contribution in [0.3, 0.4) is 0 Å². The summed E-state index contributed by atoms with van der Waals surface area (Å²) >= 11 is 1.51. The molecule has 0 aliphatic heterocycles. The molecular weight excluding hydrogens is 224 g/mol. The molecule has 2 rings (SSSR count). The monoisotopic (exact) mass is 238 g/mol. The first-order valence-electron chi connectivity index (χ1n) is 5.19. The second-order valence-electron chi connectivity index (χ2n) is 3.36. The molecule has 86 valence electrons. The zero-order valence-corrected chi connectivity index (χ0v) is 9.87. The third-order valence-electron chi connectivity index (χ3n) is 2.21. The summed E-state index contributed by atoms with van der Waals surface area (Å²) in [5, 5.41) is 11.9. The number of ether oxygens (including phenoxy) is 1. The minimum Gasteiger partial charge on any atom is -0.460 e. The van der Waals surface area contributed by atoms with Gasteiger partial charge < -0.3 is 14.3 Å². The fraction of sp³-hybridized carbons (Fsp3) is 0.333. The van der Waals surface area contributed by atoms with Gasteiger partial charge in [-0.25, -0.2) is 0 Å². The van der Waals surface area contributed by atoms with E-state index in [0.717, 1.165) is 10.6 Å². The van der Waals surface area contributed by atoms with Gasteiger partial charge in [-0.05, 0) is 30.5 Å². The van der Waals surface area contributed by atoms with Crippen molar-refractivity contribution in [3.05, 3.63) is 46.0 Å². The van der Waals surface area contributed by atoms with Gasteiger partial charge in [-0.1, -0.05) is 6.07 Å². The van der Waals surface area contributed by atoms with Crippen molar-refractivity contribution in [3.63, 3.8) is 0 Å². The average molecular weight is 238 g/mol. The van der Waals surface area contributed by atoms with E-state index >= 15 is 0 Å². The van der Waals surface area contributed by atoms with Gasteiger partial charge in [-0.15, -0.1) is 11.3 Å². The van der Waals surface area contributed by atoms with Crippen molar-refractivity contribution >= 4 is 11.3 Å². The molecule has 0 fully saturated rings. The van der Waals surface area contributed by atoms with Gasteiger partial charge in [0, 0.05) is 11.5 Å². The summed E-state index contributed by atoms with van der Waals surface area (Å²) < 4.78 is 10.7. The molecule has 1 N–H and O–H groups in total. The molecule has 0 amide bonds. The molecule has 0 aliphatic rings. The number of furan rings is 1. The highest BCUT2D eigenvalue weighted by atomic mass is 32.1. The number of thiophene rings is 1. The van der Waals surface area contributed by atoms with Crippen LogP contribution in [0.2, 0.25) is 0 Å². The summed E-state index contributed by atoms with van der Waals surface area (Å²) in [5.41, 5.74) is 0. The van der Waals surface area contributed by atoms with Crippen LogP contribution in [0.25, 0.3) is 0 Å². The zero-order valence-electron chi connectivity index (χ0n) is 9.05. The molecule has 0 bridgehead atoms. The van der Waals surface area contributed by atoms with Gasteiger partial charge in [0.25, 0.3) is 0 Å². The number of aliphatic hydroxyl groups is 1. The van der Waals surface area contributed by atoms with E-state index in [2.05, 4.69) is 0 Å². The Bertz CT molecular complexity index is 419. The molecule has 0 aliphatic carbocycles. The van der Waals surface area contributed by atoms with Crippen LogP contribution >= 0.6 is 11.3 Å². The third kappa shape index (κ3) is 2.52. The molecule has 16 heavy (non-hydrogen) atoms. The van der Waals surface area contributed by atoms with Gasteiger partial charge in [-0.3, -0.25) is 0 Å². The lowest BCUT2D eigenvalue weighted by Gasteiger charge is -2.04. The molecule has 0 spiro atoms. The van der Waals surface area contributed by atoms with Gasteiger partial charge in [0.15, 0.2) is 0 Å². The van der Waals surface area contributed by atoms with E-state index in [0.29, 0.717) is 19.0 Å². The minimum absolute atomic E-state index is 0.452. The SMILES string of the molecule is CCOCc1ccc(C(O)c2cccs2)o1. The van der Waals surface area contributed by atoms with Crippen LogP contribution in [0.4, 0.5) is 0 Å². The maximum absolute atomic E-state index is 10.00. The summed E-state index contributed by atoms with van der Waals surface area (Å²) in [6, 6.07) is 7.42. The minimum atomic E-state index is -0.671. The lowest BCUT2D eigenvalue weighted by atomic mass is 10.2. The fourth-order valence-electron chi connectivity index (χ4n) is 1.41. The van der Waals surface area contributed by atoms with Gasteiger partial charge in [0.2, 0.25) is 0 Å². The largest absolute Gasteiger partial charge is 0.460 e. The Labute approximate surface area is 98.3 Å². The molecule has 3 nitrogen and oxygen atoms in total. The lowest BCUT2D eigenvalue weighted by Crippen LogP contribution is -1.94. The molecule has 2 aromatic rings. The summed E-state index contributed by atoms with van der Waals surface area (Å²) in [4.78, 5) is 0.886. The summed E-state index contributed by atoms with van der Waals surface area (Å²) in [7, 11) is 0. The summed E-state index contributed by atoms with van der Waals surface area (Å²) in [6.45, 7) is 3.04. The second kappa shape index (κ2) is 5.30. The molecule has 2 aromatic heterocycles. The fourth-order valence-corrected chi connectivity index (χ4v) is 2.13. The zero-order chi connectivity index (χ0) is 11.4. The van der Waals surface area contributed by atoms with E-state index < -0.39 is 6.10 Å². The molecule has 0 aromatic carbocycles. The van der Waals surface area contributed by atoms with Crippen LogP contribution < -0.4 is 0 Å². The van der Waals surface area contributed by atoms with Crippen molar-refractivity contribution in [2.24, 2.45) is 0 Å². The highest BCUT2D eigenvalue weighted by Gasteiger charge is 2.15. The van der Waals surface area contributed by atoms with Crippen molar-refractivity contribution < 1.29 is 14.3 Å². The van der Waals surface area contributed by atoms with E-state index in [-0.39, 0.29) is 0 Å². The van der Waals surface area contributed by atoms with Crippen molar-refractivity contribution in [3.8, 4) is 0 Å². The Morgan fingerprint density at radius 3 is 3.00 bits per heavy atom. The standard InChI is InChI=1S/C12H14O3S/c1-2-14-8-9-5-6-10(15-9)12(13)11-4-3-7-16-11/h3-7,12-13H,2,8H2,1H3. The quantitative estimate of drug-likeness (QED) is 0.870. The topological polar surface area (TPSA) is 42.6 Å². The molecule has 0 saturated carbocycles. The predicted octanol–water partition coefficient (Wildman–Crippen LogP) is 2.96. The van der Waals surface area contributed by atoms with Crippen molar-refractivity contribution in [2.45, 2.75) is 19.6 Å². The van der Waals surface area contributed by atoms with Crippen molar-refractivity contribution in [1.29, 1.82) is 0 Å². The third-order valence-corrected chi connectivity index (χ3v) is 3.14. The maximum Gasteiger partial charge on any atom is 0.146 e. The highest BCUT2D eigenvalue weighted by Crippen LogP contribution is 2.27. The molecule has 4 heteroatoms. The molecular formula is C12H14O3S. The van der Waals surface area contributed by atoms with Crippen molar-refractivity contribution in [1.82, 2.24) is 0 Å². The van der Waals surface area contributed by atoms with Gasteiger partial charge in [0.05, 0.1) is 0 Å². The van der Waals surface area contributed by atoms with E-state index in [1.54, 1.807) is 6.07 Å². The number of hydrogen-bond acceptors (Lipinski definition) is 4. The first kappa shape index (κ1) is 11.4. The lowest BCUT2D eigenvalue weighted by molar-refractivity contribution is 0.112. The number of aliphatic hydroxyl groups excluding tert-OH is 1. The normalized spacial score (nSPS) is 12.9. The van der Waals surface area contributed by atoms with Gasteiger partial charge in [0.1, 0.15) is 24.2 Å². The Hall–Kier alpha value is -1.10. The van der Waals surface area contributed by atoms with Crippen LogP contribution in [0.15, 0.2) is 34.1 Å². The second-order valence-corrected chi connectivity index (χ2v) is 4.34. The summed E-state index contributed by atoms with van der Waals surface area (Å²) in [5.74, 6) is 1.31. The van der Waals surface area contributed by atoms with E-state index in [9.17, 15) is 5.11 Å². The van der Waals surface area contributed by atoms with Crippen LogP contribution in [0.5, 0.6) is 0 Å². The van der Waals surface area contributed by atoms with Crippen LogP contribution in [0, 0.1) is 0 Å². The van der Waals surface area contributed by atoms with E-state index in [1.165, 1.54) is 11.3 Å². The van der Waals surface area contributed by atoms with Crippen LogP contribution in [0.1, 0.15) is 29.4 Å². The Morgan fingerprint density at radius 2 is 2.31 bits per heavy atom. The van der Waals surface area contributed by atoms with Gasteiger partial charge >= 0.3 is 0 Å². The Kier molecular flexibility index (Phi) is 3.77. The molecule has 0 saturated heterocycles. The number of hydrogen-bond donors (Lipinski definition) is 1. The Morgan fingerprint density at radius 1 is 1.44 bits per heavy atom. The van der Waals surface area contributed by atoms with Crippen LogP contribution in [-0.2, 0) is 11.3 Å². The van der Waals surface area contributed by atoms with Gasteiger partial charge in [-0.2, -0.15) is 0 Å². The average Bonchev–Trinajstić information content (AvgIpc) is 2.96. The van der Waals surface area contributed by atoms with Crippen LogP contribution in [-0.4, -0.2) is 11.7 Å². The molecule has 1 unspecified atom stereocenters. The first-order valence-corrected chi connectivity index (χ1v) is 6.07. The van der Waals surface area contributed by atoms with E-state index in [1.807, 2.05) is 30.5 Å². The first-order chi connectivity index (χ1) is 7.81. The smallest absolute Gasteiger partial charge is 0.146 e. The Balaban J connectivity index is 2.06. The van der Waals surface area contributed by atoms with E-state index in [4.69, 9.17) is 9.15 Å². The predicted molar refractivity (Wildman–Crippen MR) is 62.4 cm³/mol. The van der Waals surface area contributed by atoms with Crippen molar-refractivity contribution in [2.75, 3.05) is 6.61 Å². The summed E-state index contributed by atoms with van der Waals surface area (Å²) in [6.07, 6.45) is -0.671. The highest BCUT2D eigenvalue weighted by molar-refractivity contribution is 7.10. The number of rotatable bonds is 5. The maximum atomic E-state index is 10.00.